The Labute approximate surface area is 244 Å². The van der Waals surface area contributed by atoms with Gasteiger partial charge < -0.3 is 20.4 Å². The molecule has 0 unspecified atom stereocenters. The van der Waals surface area contributed by atoms with Crippen LogP contribution < -0.4 is 11.1 Å². The lowest BCUT2D eigenvalue weighted by atomic mass is 9.94. The topological polar surface area (TPSA) is 113 Å². The maximum absolute atomic E-state index is 13.8. The molecule has 2 heterocycles. The lowest BCUT2D eigenvalue weighted by molar-refractivity contribution is 0.0648. The van der Waals surface area contributed by atoms with Crippen LogP contribution in [-0.2, 0) is 24.1 Å². The van der Waals surface area contributed by atoms with Gasteiger partial charge in [0.25, 0.3) is 5.91 Å². The number of hydrogen-bond donors (Lipinski definition) is 3. The molecule has 9 heteroatoms. The molecule has 0 fully saturated rings. The van der Waals surface area contributed by atoms with Gasteiger partial charge in [0.1, 0.15) is 16.7 Å². The Morgan fingerprint density at radius 2 is 1.85 bits per heavy atom. The second kappa shape index (κ2) is 12.6. The van der Waals surface area contributed by atoms with E-state index in [1.54, 1.807) is 12.1 Å². The third-order valence-electron chi connectivity index (χ3n) is 7.11. The molecule has 5 rings (SSSR count). The lowest BCUT2D eigenvalue weighted by Crippen LogP contribution is -2.41. The summed E-state index contributed by atoms with van der Waals surface area (Å²) in [7, 11) is 0. The van der Waals surface area contributed by atoms with Crippen molar-refractivity contribution in [3.8, 4) is 11.3 Å². The standard InChI is InChI=1S/C32H34ClN5O3/c1-20(2)19-41-32(40)35-25-11-9-23(10-12-25)28-29(33)37-30(36-28)27(17-21-6-4-3-5-7-21)38-15-14-24-16-22(18-34)8-13-26(24)31(38)39/h3-13,16,20,27H,14-15,17-19,34H2,1-2H3,(H,35,40)(H,36,37)/t27-/m0/s1. The van der Waals surface area contributed by atoms with E-state index in [-0.39, 0.29) is 17.9 Å². The number of carbonyl (C=O) groups is 2. The normalized spacial score (nSPS) is 13.7. The lowest BCUT2D eigenvalue weighted by Gasteiger charge is -2.35. The number of benzene rings is 3. The first-order valence-corrected chi connectivity index (χ1v) is 14.2. The number of fused-ring (bicyclic) bond motifs is 1. The minimum absolute atomic E-state index is 0.0374. The van der Waals surface area contributed by atoms with E-state index in [1.165, 1.54) is 0 Å². The van der Waals surface area contributed by atoms with Crippen LogP contribution in [-0.4, -0.2) is 40.0 Å². The smallest absolute Gasteiger partial charge is 0.411 e. The Balaban J connectivity index is 1.41. The fourth-order valence-electron chi connectivity index (χ4n) is 5.00. The molecule has 4 aromatic rings. The molecule has 1 aromatic heterocycles. The molecular weight excluding hydrogens is 538 g/mol. The van der Waals surface area contributed by atoms with Crippen molar-refractivity contribution in [3.05, 3.63) is 106 Å². The van der Waals surface area contributed by atoms with Crippen molar-refractivity contribution in [1.82, 2.24) is 14.9 Å². The van der Waals surface area contributed by atoms with Crippen LogP contribution in [0.3, 0.4) is 0 Å². The quantitative estimate of drug-likeness (QED) is 0.216. The van der Waals surface area contributed by atoms with Gasteiger partial charge >= 0.3 is 6.09 Å². The predicted molar refractivity (Wildman–Crippen MR) is 161 cm³/mol. The molecule has 1 aliphatic rings. The maximum Gasteiger partial charge on any atom is 0.411 e. The number of amides is 2. The number of hydrogen-bond acceptors (Lipinski definition) is 5. The van der Waals surface area contributed by atoms with Crippen molar-refractivity contribution in [2.75, 3.05) is 18.5 Å². The zero-order valence-electron chi connectivity index (χ0n) is 23.2. The molecule has 1 atom stereocenters. The molecule has 0 radical (unpaired) electrons. The maximum atomic E-state index is 13.8. The molecule has 0 bridgehead atoms. The number of rotatable bonds is 9. The van der Waals surface area contributed by atoms with E-state index in [0.29, 0.717) is 54.0 Å². The highest BCUT2D eigenvalue weighted by Gasteiger charge is 2.33. The Morgan fingerprint density at radius 3 is 2.56 bits per heavy atom. The van der Waals surface area contributed by atoms with Gasteiger partial charge in [-0.3, -0.25) is 10.1 Å². The monoisotopic (exact) mass is 571 g/mol. The van der Waals surface area contributed by atoms with Crippen molar-refractivity contribution < 1.29 is 14.3 Å². The van der Waals surface area contributed by atoms with Crippen molar-refractivity contribution in [2.24, 2.45) is 11.7 Å². The predicted octanol–water partition coefficient (Wildman–Crippen LogP) is 6.38. The fraction of sp³-hybridized carbons (Fsp3) is 0.281. The molecular formula is C32H34ClN5O3. The van der Waals surface area contributed by atoms with Crippen LogP contribution in [0.2, 0.25) is 5.15 Å². The molecule has 1 aliphatic heterocycles. The van der Waals surface area contributed by atoms with Gasteiger partial charge in [-0.2, -0.15) is 0 Å². The van der Waals surface area contributed by atoms with Crippen LogP contribution in [0, 0.1) is 5.92 Å². The van der Waals surface area contributed by atoms with Crippen molar-refractivity contribution >= 4 is 29.3 Å². The minimum atomic E-state index is -0.498. The van der Waals surface area contributed by atoms with Crippen LogP contribution in [0.25, 0.3) is 11.3 Å². The van der Waals surface area contributed by atoms with Crippen molar-refractivity contribution in [3.63, 3.8) is 0 Å². The molecule has 0 saturated heterocycles. The van der Waals surface area contributed by atoms with Crippen molar-refractivity contribution in [2.45, 2.75) is 39.3 Å². The Bertz CT molecular complexity index is 1520. The van der Waals surface area contributed by atoms with Crippen LogP contribution in [0.1, 0.15) is 52.8 Å². The van der Waals surface area contributed by atoms with Gasteiger partial charge in [-0.15, -0.1) is 0 Å². The highest BCUT2D eigenvalue weighted by molar-refractivity contribution is 6.31. The average molecular weight is 572 g/mol. The Morgan fingerprint density at radius 1 is 1.10 bits per heavy atom. The van der Waals surface area contributed by atoms with Gasteiger partial charge in [0, 0.05) is 36.3 Å². The van der Waals surface area contributed by atoms with Gasteiger partial charge in [0.2, 0.25) is 0 Å². The summed E-state index contributed by atoms with van der Waals surface area (Å²) in [6, 6.07) is 22.7. The van der Waals surface area contributed by atoms with E-state index in [1.807, 2.05) is 79.4 Å². The molecule has 2 amide bonds. The number of nitrogens with two attached hydrogens (primary N) is 1. The summed E-state index contributed by atoms with van der Waals surface area (Å²) in [6.07, 6.45) is 0.811. The number of ether oxygens (including phenoxy) is 1. The van der Waals surface area contributed by atoms with Gasteiger partial charge in [-0.25, -0.2) is 9.78 Å². The number of nitrogens with zero attached hydrogens (tertiary/aromatic N) is 2. The summed E-state index contributed by atoms with van der Waals surface area (Å²) < 4.78 is 5.19. The van der Waals surface area contributed by atoms with Gasteiger partial charge in [-0.05, 0) is 47.2 Å². The Kier molecular flexibility index (Phi) is 8.71. The number of halogens is 1. The number of aromatic nitrogens is 2. The van der Waals surface area contributed by atoms with Gasteiger partial charge in [0.05, 0.1) is 12.6 Å². The number of H-pyrrole nitrogens is 1. The van der Waals surface area contributed by atoms with Crippen LogP contribution >= 0.6 is 11.6 Å². The molecule has 0 aliphatic carbocycles. The zero-order valence-corrected chi connectivity index (χ0v) is 23.9. The summed E-state index contributed by atoms with van der Waals surface area (Å²) in [5.74, 6) is 0.831. The summed E-state index contributed by atoms with van der Waals surface area (Å²) >= 11 is 6.69. The van der Waals surface area contributed by atoms with E-state index in [9.17, 15) is 9.59 Å². The molecule has 0 spiro atoms. The molecule has 41 heavy (non-hydrogen) atoms. The van der Waals surface area contributed by atoms with Gasteiger partial charge in [-0.1, -0.05) is 80.0 Å². The highest BCUT2D eigenvalue weighted by atomic mass is 35.5. The Hall–Kier alpha value is -4.14. The fourth-order valence-corrected chi connectivity index (χ4v) is 5.25. The molecule has 8 nitrogen and oxygen atoms in total. The van der Waals surface area contributed by atoms with E-state index in [0.717, 1.165) is 28.7 Å². The second-order valence-electron chi connectivity index (χ2n) is 10.6. The third-order valence-corrected chi connectivity index (χ3v) is 7.39. The first-order valence-electron chi connectivity index (χ1n) is 13.8. The highest BCUT2D eigenvalue weighted by Crippen LogP contribution is 2.34. The van der Waals surface area contributed by atoms with Crippen LogP contribution in [0.15, 0.2) is 72.8 Å². The number of carbonyl (C=O) groups excluding carboxylic acids is 2. The first-order chi connectivity index (χ1) is 19.8. The summed E-state index contributed by atoms with van der Waals surface area (Å²) in [5.41, 5.74) is 11.6. The average Bonchev–Trinajstić information content (AvgIpc) is 3.37. The summed E-state index contributed by atoms with van der Waals surface area (Å²) in [6.45, 7) is 5.30. The van der Waals surface area contributed by atoms with Crippen molar-refractivity contribution in [1.29, 1.82) is 0 Å². The molecule has 3 aromatic carbocycles. The van der Waals surface area contributed by atoms with E-state index in [2.05, 4.69) is 10.3 Å². The summed E-state index contributed by atoms with van der Waals surface area (Å²) in [4.78, 5) is 35.8. The SMILES string of the molecule is CC(C)COC(=O)Nc1ccc(-c2nc([C@H](Cc3ccccc3)N3CCc4cc(CN)ccc4C3=O)[nH]c2Cl)cc1. The van der Waals surface area contributed by atoms with E-state index < -0.39 is 6.09 Å². The summed E-state index contributed by atoms with van der Waals surface area (Å²) in [5, 5.41) is 3.11. The number of nitrogens with one attached hydrogen (secondary N) is 2. The minimum Gasteiger partial charge on any atom is -0.449 e. The zero-order chi connectivity index (χ0) is 28.9. The molecule has 0 saturated carbocycles. The van der Waals surface area contributed by atoms with Gasteiger partial charge in [0.15, 0.2) is 0 Å². The second-order valence-corrected chi connectivity index (χ2v) is 11.0. The number of aromatic amines is 1. The van der Waals surface area contributed by atoms with E-state index >= 15 is 0 Å². The molecule has 4 N–H and O–H groups in total. The van der Waals surface area contributed by atoms with Crippen LogP contribution in [0.4, 0.5) is 10.5 Å². The number of imidazole rings is 1. The third kappa shape index (κ3) is 6.61. The largest absolute Gasteiger partial charge is 0.449 e. The number of anilines is 1. The van der Waals surface area contributed by atoms with Crippen LogP contribution in [0.5, 0.6) is 0 Å². The first kappa shape index (κ1) is 28.4. The van der Waals surface area contributed by atoms with E-state index in [4.69, 9.17) is 27.1 Å². The molecule has 212 valence electrons.